The topological polar surface area (TPSA) is 50.4 Å². The number of nitrogens with one attached hydrogen (secondary N) is 2. The van der Waals surface area contributed by atoms with Gasteiger partial charge in [0.15, 0.2) is 0 Å². The molecule has 1 heterocycles. The Labute approximate surface area is 85.4 Å². The van der Waals surface area contributed by atoms with Crippen molar-refractivity contribution in [2.24, 2.45) is 5.92 Å². The van der Waals surface area contributed by atoms with Gasteiger partial charge in [0.2, 0.25) is 5.91 Å². The number of methoxy groups -OCH3 is 1. The van der Waals surface area contributed by atoms with Gasteiger partial charge in [0.25, 0.3) is 0 Å². The van der Waals surface area contributed by atoms with E-state index in [9.17, 15) is 4.79 Å². The largest absolute Gasteiger partial charge is 0.384 e. The van der Waals surface area contributed by atoms with Crippen LogP contribution in [0.4, 0.5) is 0 Å². The summed E-state index contributed by atoms with van der Waals surface area (Å²) < 4.78 is 4.98. The maximum Gasteiger partial charge on any atom is 0.220 e. The lowest BCUT2D eigenvalue weighted by Crippen LogP contribution is -2.37. The van der Waals surface area contributed by atoms with Crippen LogP contribution in [0.3, 0.4) is 0 Å². The summed E-state index contributed by atoms with van der Waals surface area (Å²) in [6.07, 6.45) is 1.61. The van der Waals surface area contributed by atoms with Crippen LogP contribution in [-0.4, -0.2) is 38.8 Å². The van der Waals surface area contributed by atoms with Crippen LogP contribution in [-0.2, 0) is 9.53 Å². The molecular weight excluding hydrogens is 180 g/mol. The third-order valence-corrected chi connectivity index (χ3v) is 2.41. The Morgan fingerprint density at radius 1 is 1.71 bits per heavy atom. The van der Waals surface area contributed by atoms with Crippen LogP contribution in [0.25, 0.3) is 0 Å². The fourth-order valence-electron chi connectivity index (χ4n) is 1.72. The predicted octanol–water partition coefficient (Wildman–Crippen LogP) is 0.137. The molecule has 1 rings (SSSR count). The maximum absolute atomic E-state index is 11.5. The summed E-state index contributed by atoms with van der Waals surface area (Å²) in [5, 5.41) is 6.23. The zero-order valence-electron chi connectivity index (χ0n) is 9.01. The third kappa shape index (κ3) is 4.07. The fraction of sp³-hybridized carbons (Fsp3) is 0.900. The molecule has 0 aromatic heterocycles. The molecule has 2 unspecified atom stereocenters. The van der Waals surface area contributed by atoms with Gasteiger partial charge in [0.1, 0.15) is 0 Å². The number of carbonyl (C=O) groups excluding carboxylic acids is 1. The van der Waals surface area contributed by atoms with E-state index in [0.717, 1.165) is 19.5 Å². The zero-order valence-corrected chi connectivity index (χ0v) is 9.01. The normalized spacial score (nSPS) is 23.4. The van der Waals surface area contributed by atoms with Gasteiger partial charge in [-0.3, -0.25) is 4.79 Å². The lowest BCUT2D eigenvalue weighted by molar-refractivity contribution is -0.122. The van der Waals surface area contributed by atoms with Crippen molar-refractivity contribution in [1.82, 2.24) is 10.6 Å². The van der Waals surface area contributed by atoms with Gasteiger partial charge in [0.05, 0.1) is 0 Å². The molecule has 0 aromatic carbocycles. The Bertz CT molecular complexity index is 179. The molecule has 1 saturated heterocycles. The van der Waals surface area contributed by atoms with Gasteiger partial charge in [0, 0.05) is 32.7 Å². The monoisotopic (exact) mass is 200 g/mol. The van der Waals surface area contributed by atoms with Crippen molar-refractivity contribution in [3.05, 3.63) is 0 Å². The number of ether oxygens (including phenoxy) is 1. The van der Waals surface area contributed by atoms with E-state index < -0.39 is 0 Å². The molecule has 0 radical (unpaired) electrons. The minimum absolute atomic E-state index is 0.142. The highest BCUT2D eigenvalue weighted by Gasteiger charge is 2.17. The predicted molar refractivity (Wildman–Crippen MR) is 55.1 cm³/mol. The summed E-state index contributed by atoms with van der Waals surface area (Å²) in [6.45, 7) is 4.59. The van der Waals surface area contributed by atoms with E-state index in [2.05, 4.69) is 10.6 Å². The fourth-order valence-corrected chi connectivity index (χ4v) is 1.72. The molecule has 0 spiro atoms. The molecule has 0 saturated carbocycles. The number of amides is 1. The minimum Gasteiger partial charge on any atom is -0.384 e. The third-order valence-electron chi connectivity index (χ3n) is 2.41. The van der Waals surface area contributed by atoms with Gasteiger partial charge in [-0.15, -0.1) is 0 Å². The van der Waals surface area contributed by atoms with Crippen molar-refractivity contribution in [3.63, 3.8) is 0 Å². The molecule has 2 atom stereocenters. The second-order valence-electron chi connectivity index (χ2n) is 4.02. The second kappa shape index (κ2) is 5.98. The summed E-state index contributed by atoms with van der Waals surface area (Å²) in [7, 11) is 1.66. The molecule has 14 heavy (non-hydrogen) atoms. The lowest BCUT2D eigenvalue weighted by atomic mass is 10.1. The highest BCUT2D eigenvalue weighted by atomic mass is 16.5. The van der Waals surface area contributed by atoms with Crippen molar-refractivity contribution in [1.29, 1.82) is 0 Å². The minimum atomic E-state index is 0.142. The Balaban J connectivity index is 2.14. The van der Waals surface area contributed by atoms with E-state index in [1.807, 2.05) is 6.92 Å². The quantitative estimate of drug-likeness (QED) is 0.663. The van der Waals surface area contributed by atoms with E-state index in [4.69, 9.17) is 4.74 Å². The number of carbonyl (C=O) groups is 1. The first kappa shape index (κ1) is 11.5. The first-order chi connectivity index (χ1) is 6.72. The summed E-state index contributed by atoms with van der Waals surface area (Å²) in [6, 6.07) is 0.331. The van der Waals surface area contributed by atoms with Crippen LogP contribution < -0.4 is 10.6 Å². The van der Waals surface area contributed by atoms with E-state index in [0.29, 0.717) is 25.0 Å². The molecule has 1 aliphatic rings. The molecule has 0 bridgehead atoms. The van der Waals surface area contributed by atoms with Crippen molar-refractivity contribution >= 4 is 5.91 Å². The molecule has 2 N–H and O–H groups in total. The zero-order chi connectivity index (χ0) is 10.4. The van der Waals surface area contributed by atoms with Crippen molar-refractivity contribution < 1.29 is 9.53 Å². The molecule has 4 heteroatoms. The van der Waals surface area contributed by atoms with Crippen molar-refractivity contribution in [2.45, 2.75) is 25.8 Å². The van der Waals surface area contributed by atoms with Crippen LogP contribution in [0.1, 0.15) is 19.8 Å². The highest BCUT2D eigenvalue weighted by Crippen LogP contribution is 2.03. The molecule has 1 fully saturated rings. The van der Waals surface area contributed by atoms with Gasteiger partial charge in [-0.05, 0) is 18.9 Å². The lowest BCUT2D eigenvalue weighted by Gasteiger charge is -2.14. The van der Waals surface area contributed by atoms with Crippen LogP contribution in [0.2, 0.25) is 0 Å². The van der Waals surface area contributed by atoms with Gasteiger partial charge in [-0.2, -0.15) is 0 Å². The molecule has 4 nitrogen and oxygen atoms in total. The molecule has 0 aliphatic carbocycles. The SMILES string of the molecule is COCC(C)CC(=O)NC1CCNC1. The summed E-state index contributed by atoms with van der Waals surface area (Å²) in [5.41, 5.74) is 0. The average molecular weight is 200 g/mol. The number of hydrogen-bond donors (Lipinski definition) is 2. The summed E-state index contributed by atoms with van der Waals surface area (Å²) in [5.74, 6) is 0.442. The van der Waals surface area contributed by atoms with Gasteiger partial charge in [-0.25, -0.2) is 0 Å². The van der Waals surface area contributed by atoms with Gasteiger partial charge >= 0.3 is 0 Å². The Hall–Kier alpha value is -0.610. The standard InChI is InChI=1S/C10H20N2O2/c1-8(7-14-2)5-10(13)12-9-3-4-11-6-9/h8-9,11H,3-7H2,1-2H3,(H,12,13). The summed E-state index contributed by atoms with van der Waals surface area (Å²) >= 11 is 0. The highest BCUT2D eigenvalue weighted by molar-refractivity contribution is 5.76. The number of rotatable bonds is 5. The molecular formula is C10H20N2O2. The average Bonchev–Trinajstić information content (AvgIpc) is 2.56. The van der Waals surface area contributed by atoms with Crippen LogP contribution in [0.5, 0.6) is 0 Å². The second-order valence-corrected chi connectivity index (χ2v) is 4.02. The van der Waals surface area contributed by atoms with Crippen LogP contribution in [0, 0.1) is 5.92 Å². The smallest absolute Gasteiger partial charge is 0.220 e. The summed E-state index contributed by atoms with van der Waals surface area (Å²) in [4.78, 5) is 11.5. The first-order valence-electron chi connectivity index (χ1n) is 5.21. The van der Waals surface area contributed by atoms with Gasteiger partial charge in [-0.1, -0.05) is 6.92 Å². The van der Waals surface area contributed by atoms with Crippen molar-refractivity contribution in [2.75, 3.05) is 26.8 Å². The van der Waals surface area contributed by atoms with Gasteiger partial charge < -0.3 is 15.4 Å². The molecule has 82 valence electrons. The number of hydrogen-bond acceptors (Lipinski definition) is 3. The molecule has 0 aromatic rings. The van der Waals surface area contributed by atoms with E-state index in [1.165, 1.54) is 0 Å². The first-order valence-corrected chi connectivity index (χ1v) is 5.21. The Morgan fingerprint density at radius 2 is 2.50 bits per heavy atom. The van der Waals surface area contributed by atoms with E-state index in [-0.39, 0.29) is 5.91 Å². The van der Waals surface area contributed by atoms with E-state index in [1.54, 1.807) is 7.11 Å². The maximum atomic E-state index is 11.5. The van der Waals surface area contributed by atoms with E-state index >= 15 is 0 Å². The van der Waals surface area contributed by atoms with Crippen LogP contribution >= 0.6 is 0 Å². The van der Waals surface area contributed by atoms with Crippen LogP contribution in [0.15, 0.2) is 0 Å². The molecule has 1 aliphatic heterocycles. The Kier molecular flexibility index (Phi) is 4.90. The Morgan fingerprint density at radius 3 is 3.07 bits per heavy atom. The van der Waals surface area contributed by atoms with Crippen molar-refractivity contribution in [3.8, 4) is 0 Å². The molecule has 1 amide bonds.